The predicted octanol–water partition coefficient (Wildman–Crippen LogP) is 4.64. The molecule has 31 heavy (non-hydrogen) atoms. The summed E-state index contributed by atoms with van der Waals surface area (Å²) in [7, 11) is 3.15. The first kappa shape index (κ1) is 20.3. The minimum atomic E-state index is -0.107. The highest BCUT2D eigenvalue weighted by atomic mass is 16.5. The number of nitrogens with one attached hydrogen (secondary N) is 1. The van der Waals surface area contributed by atoms with E-state index in [1.165, 1.54) is 6.92 Å². The lowest BCUT2D eigenvalue weighted by molar-refractivity contribution is -0.114. The van der Waals surface area contributed by atoms with Gasteiger partial charge in [0.2, 0.25) is 5.91 Å². The van der Waals surface area contributed by atoms with E-state index in [0.29, 0.717) is 11.6 Å². The van der Waals surface area contributed by atoms with E-state index in [2.05, 4.69) is 32.4 Å². The smallest absolute Gasteiger partial charge is 0.256 e. The molecule has 2 aromatic carbocycles. The molecule has 0 aliphatic carbocycles. The van der Waals surface area contributed by atoms with Crippen molar-refractivity contribution in [2.45, 2.75) is 13.8 Å². The number of amides is 1. The maximum absolute atomic E-state index is 11.3. The molecule has 7 nitrogen and oxygen atoms in total. The number of anilines is 1. The van der Waals surface area contributed by atoms with Gasteiger partial charge in [-0.1, -0.05) is 12.1 Å². The fourth-order valence-corrected chi connectivity index (χ4v) is 3.50. The van der Waals surface area contributed by atoms with Crippen molar-refractivity contribution in [1.82, 2.24) is 15.0 Å². The number of aryl methyl sites for hydroxylation is 1. The van der Waals surface area contributed by atoms with Crippen molar-refractivity contribution in [3.63, 3.8) is 0 Å². The number of benzene rings is 2. The molecule has 4 aromatic rings. The van der Waals surface area contributed by atoms with Gasteiger partial charge in [0.15, 0.2) is 5.75 Å². The Bertz CT molecular complexity index is 1270. The molecule has 0 bridgehead atoms. The first-order chi connectivity index (χ1) is 15.0. The molecule has 2 aromatic heterocycles. The molecule has 156 valence electrons. The van der Waals surface area contributed by atoms with E-state index in [1.807, 2.05) is 37.3 Å². The maximum Gasteiger partial charge on any atom is 0.256 e. The Kier molecular flexibility index (Phi) is 5.49. The van der Waals surface area contributed by atoms with Crippen LogP contribution in [0.1, 0.15) is 12.6 Å². The lowest BCUT2D eigenvalue weighted by Crippen LogP contribution is -2.05. The number of ether oxygens (including phenoxy) is 2. The van der Waals surface area contributed by atoms with Gasteiger partial charge in [-0.25, -0.2) is 15.0 Å². The molecule has 2 heterocycles. The van der Waals surface area contributed by atoms with Gasteiger partial charge in [0, 0.05) is 41.0 Å². The predicted molar refractivity (Wildman–Crippen MR) is 120 cm³/mol. The summed E-state index contributed by atoms with van der Waals surface area (Å²) >= 11 is 0. The minimum absolute atomic E-state index is 0.107. The number of methoxy groups -OCH3 is 2. The molecular formula is C24H22N4O3. The van der Waals surface area contributed by atoms with Crippen LogP contribution in [-0.2, 0) is 4.79 Å². The summed E-state index contributed by atoms with van der Waals surface area (Å²) in [6.07, 6.45) is 3.33. The van der Waals surface area contributed by atoms with Crippen LogP contribution in [0.5, 0.6) is 11.6 Å². The molecule has 0 radical (unpaired) electrons. The van der Waals surface area contributed by atoms with Gasteiger partial charge in [-0.2, -0.15) is 0 Å². The molecule has 0 atom stereocenters. The Morgan fingerprint density at radius 2 is 1.68 bits per heavy atom. The van der Waals surface area contributed by atoms with Crippen molar-refractivity contribution in [2.24, 2.45) is 0 Å². The molecule has 7 heteroatoms. The van der Waals surface area contributed by atoms with E-state index >= 15 is 0 Å². The Hall–Kier alpha value is -4.00. The number of rotatable bonds is 5. The molecule has 0 aliphatic rings. The molecule has 4 rings (SSSR count). The zero-order chi connectivity index (χ0) is 22.0. The van der Waals surface area contributed by atoms with E-state index in [0.717, 1.165) is 44.5 Å². The van der Waals surface area contributed by atoms with Gasteiger partial charge in [-0.15, -0.1) is 0 Å². The van der Waals surface area contributed by atoms with Crippen LogP contribution in [-0.4, -0.2) is 35.1 Å². The molecule has 0 unspecified atom stereocenters. The van der Waals surface area contributed by atoms with Crippen LogP contribution >= 0.6 is 0 Å². The van der Waals surface area contributed by atoms with Gasteiger partial charge in [-0.05, 0) is 48.4 Å². The topological polar surface area (TPSA) is 86.2 Å². The number of hydrogen-bond donors (Lipinski definition) is 1. The van der Waals surface area contributed by atoms with Crippen LogP contribution in [0, 0.1) is 6.92 Å². The lowest BCUT2D eigenvalue weighted by Gasteiger charge is -2.13. The summed E-state index contributed by atoms with van der Waals surface area (Å²) in [5.41, 5.74) is 6.27. The van der Waals surface area contributed by atoms with E-state index < -0.39 is 0 Å². The minimum Gasteiger partial charge on any atom is -0.491 e. The quantitative estimate of drug-likeness (QED) is 0.512. The number of carbonyl (C=O) groups excluding carboxylic acids is 1. The molecule has 0 saturated carbocycles. The van der Waals surface area contributed by atoms with Crippen molar-refractivity contribution in [1.29, 1.82) is 0 Å². The van der Waals surface area contributed by atoms with Crippen molar-refractivity contribution in [3.8, 4) is 33.9 Å². The summed E-state index contributed by atoms with van der Waals surface area (Å²) in [5, 5.41) is 3.75. The third-order valence-electron chi connectivity index (χ3n) is 5.02. The Balaban J connectivity index is 1.90. The van der Waals surface area contributed by atoms with Crippen molar-refractivity contribution in [3.05, 3.63) is 60.7 Å². The Labute approximate surface area is 180 Å². The SMILES string of the molecule is COc1cc(-c2cc(-c3ccc(NC(C)=O)cc3)c3ncnc(C)c3c2)cnc1OC. The molecule has 0 fully saturated rings. The van der Waals surface area contributed by atoms with E-state index in [1.54, 1.807) is 26.7 Å². The number of hydrogen-bond acceptors (Lipinski definition) is 6. The number of aromatic nitrogens is 3. The van der Waals surface area contributed by atoms with Crippen LogP contribution < -0.4 is 14.8 Å². The fraction of sp³-hybridized carbons (Fsp3) is 0.167. The highest BCUT2D eigenvalue weighted by molar-refractivity contribution is 5.99. The van der Waals surface area contributed by atoms with E-state index in [9.17, 15) is 4.79 Å². The molecular weight excluding hydrogens is 392 g/mol. The average molecular weight is 414 g/mol. The Morgan fingerprint density at radius 1 is 0.903 bits per heavy atom. The number of fused-ring (bicyclic) bond motifs is 1. The standard InChI is InChI=1S/C24H22N4O3/c1-14-20-9-17(18-11-22(30-3)24(31-4)25-12-18)10-21(23(20)27-13-26-14)16-5-7-19(8-6-16)28-15(2)29/h5-13H,1-4H3,(H,28,29). The number of pyridine rings is 1. The summed E-state index contributed by atoms with van der Waals surface area (Å²) in [6.45, 7) is 3.45. The first-order valence-electron chi connectivity index (χ1n) is 9.72. The first-order valence-corrected chi connectivity index (χ1v) is 9.72. The second-order valence-corrected chi connectivity index (χ2v) is 7.07. The molecule has 0 aliphatic heterocycles. The van der Waals surface area contributed by atoms with Crippen molar-refractivity contribution >= 4 is 22.5 Å². The van der Waals surface area contributed by atoms with E-state index in [-0.39, 0.29) is 5.91 Å². The van der Waals surface area contributed by atoms with Crippen LogP contribution in [0.2, 0.25) is 0 Å². The van der Waals surface area contributed by atoms with Crippen molar-refractivity contribution < 1.29 is 14.3 Å². The van der Waals surface area contributed by atoms with Gasteiger partial charge < -0.3 is 14.8 Å². The zero-order valence-electron chi connectivity index (χ0n) is 17.8. The van der Waals surface area contributed by atoms with Gasteiger partial charge >= 0.3 is 0 Å². The summed E-state index contributed by atoms with van der Waals surface area (Å²) in [6, 6.07) is 13.7. The third kappa shape index (κ3) is 4.02. The molecule has 0 saturated heterocycles. The molecule has 0 spiro atoms. The second-order valence-electron chi connectivity index (χ2n) is 7.07. The van der Waals surface area contributed by atoms with Crippen LogP contribution in [0.3, 0.4) is 0 Å². The fourth-order valence-electron chi connectivity index (χ4n) is 3.50. The summed E-state index contributed by atoms with van der Waals surface area (Å²) in [5.74, 6) is 0.882. The number of nitrogens with zero attached hydrogens (tertiary/aromatic N) is 3. The van der Waals surface area contributed by atoms with Crippen LogP contribution in [0.15, 0.2) is 55.0 Å². The lowest BCUT2D eigenvalue weighted by atomic mass is 9.95. The van der Waals surface area contributed by atoms with Crippen LogP contribution in [0.25, 0.3) is 33.2 Å². The second kappa shape index (κ2) is 8.39. The monoisotopic (exact) mass is 414 g/mol. The van der Waals surface area contributed by atoms with Crippen LogP contribution in [0.4, 0.5) is 5.69 Å². The molecule has 1 N–H and O–H groups in total. The maximum atomic E-state index is 11.3. The number of carbonyl (C=O) groups is 1. The average Bonchev–Trinajstić information content (AvgIpc) is 2.78. The van der Waals surface area contributed by atoms with Gasteiger partial charge in [-0.3, -0.25) is 4.79 Å². The summed E-state index contributed by atoms with van der Waals surface area (Å²) < 4.78 is 10.7. The third-order valence-corrected chi connectivity index (χ3v) is 5.02. The van der Waals surface area contributed by atoms with Gasteiger partial charge in [0.25, 0.3) is 5.88 Å². The van der Waals surface area contributed by atoms with Crippen molar-refractivity contribution in [2.75, 3.05) is 19.5 Å². The summed E-state index contributed by atoms with van der Waals surface area (Å²) in [4.78, 5) is 24.6. The van der Waals surface area contributed by atoms with Gasteiger partial charge in [0.05, 0.1) is 19.7 Å². The highest BCUT2D eigenvalue weighted by Gasteiger charge is 2.14. The normalized spacial score (nSPS) is 10.7. The van der Waals surface area contributed by atoms with Gasteiger partial charge in [0.1, 0.15) is 6.33 Å². The van der Waals surface area contributed by atoms with E-state index in [4.69, 9.17) is 9.47 Å². The highest BCUT2D eigenvalue weighted by Crippen LogP contribution is 2.36. The zero-order valence-corrected chi connectivity index (χ0v) is 17.8. The largest absolute Gasteiger partial charge is 0.491 e. The molecule has 1 amide bonds. The Morgan fingerprint density at radius 3 is 2.35 bits per heavy atom.